The van der Waals surface area contributed by atoms with Crippen molar-refractivity contribution in [3.63, 3.8) is 0 Å². The predicted molar refractivity (Wildman–Crippen MR) is 78.2 cm³/mol. The summed E-state index contributed by atoms with van der Waals surface area (Å²) >= 11 is 0. The third-order valence-corrected chi connectivity index (χ3v) is 4.50. The fourth-order valence-electron chi connectivity index (χ4n) is 1.93. The van der Waals surface area contributed by atoms with E-state index in [-0.39, 0.29) is 10.6 Å². The van der Waals surface area contributed by atoms with Gasteiger partial charge in [0.25, 0.3) is 0 Å². The minimum absolute atomic E-state index is 0.000503. The third kappa shape index (κ3) is 4.09. The first-order valence-corrected chi connectivity index (χ1v) is 7.80. The van der Waals surface area contributed by atoms with Crippen LogP contribution < -0.4 is 15.2 Å². The number of ether oxygens (including phenoxy) is 1. The van der Waals surface area contributed by atoms with E-state index in [0.29, 0.717) is 12.1 Å². The zero-order valence-corrected chi connectivity index (χ0v) is 13.0. The number of hydrogen-bond acceptors (Lipinski definition) is 5. The lowest BCUT2D eigenvalue weighted by Crippen LogP contribution is -2.34. The van der Waals surface area contributed by atoms with Gasteiger partial charge in [0.05, 0.1) is 13.2 Å². The molecular formula is C13H22N2O4S. The molecule has 0 saturated carbocycles. The molecule has 6 nitrogen and oxygen atoms in total. The Morgan fingerprint density at radius 3 is 2.50 bits per heavy atom. The van der Waals surface area contributed by atoms with Crippen molar-refractivity contribution in [3.05, 3.63) is 17.7 Å². The van der Waals surface area contributed by atoms with Gasteiger partial charge in [-0.2, -0.15) is 0 Å². The van der Waals surface area contributed by atoms with Gasteiger partial charge in [-0.1, -0.05) is 0 Å². The summed E-state index contributed by atoms with van der Waals surface area (Å²) in [5.41, 5.74) is 6.90. The van der Waals surface area contributed by atoms with Gasteiger partial charge in [0, 0.05) is 11.7 Å². The van der Waals surface area contributed by atoms with Crippen molar-refractivity contribution in [1.29, 1.82) is 0 Å². The Morgan fingerprint density at radius 2 is 2.00 bits per heavy atom. The Bertz CT molecular complexity index is 570. The highest BCUT2D eigenvalue weighted by Crippen LogP contribution is 2.29. The lowest BCUT2D eigenvalue weighted by Gasteiger charge is -2.17. The fourth-order valence-corrected chi connectivity index (χ4v) is 3.38. The molecule has 0 bridgehead atoms. The highest BCUT2D eigenvalue weighted by Gasteiger charge is 2.23. The van der Waals surface area contributed by atoms with Gasteiger partial charge in [-0.05, 0) is 44.9 Å². The minimum atomic E-state index is -3.75. The van der Waals surface area contributed by atoms with Crippen molar-refractivity contribution in [2.75, 3.05) is 12.8 Å². The van der Waals surface area contributed by atoms with E-state index >= 15 is 0 Å². The average Bonchev–Trinajstić information content (AvgIpc) is 2.29. The van der Waals surface area contributed by atoms with Crippen molar-refractivity contribution >= 4 is 15.7 Å². The van der Waals surface area contributed by atoms with E-state index in [9.17, 15) is 13.5 Å². The Kier molecular flexibility index (Phi) is 5.38. The van der Waals surface area contributed by atoms with Crippen molar-refractivity contribution < 1.29 is 18.3 Å². The Morgan fingerprint density at radius 1 is 1.40 bits per heavy atom. The summed E-state index contributed by atoms with van der Waals surface area (Å²) in [5, 5.41) is 9.29. The number of methoxy groups -OCH3 is 1. The van der Waals surface area contributed by atoms with Gasteiger partial charge >= 0.3 is 0 Å². The number of nitrogen functional groups attached to an aromatic ring is 1. The number of benzene rings is 1. The van der Waals surface area contributed by atoms with Gasteiger partial charge < -0.3 is 15.6 Å². The van der Waals surface area contributed by atoms with E-state index in [2.05, 4.69) is 4.72 Å². The maximum Gasteiger partial charge on any atom is 0.244 e. The van der Waals surface area contributed by atoms with Crippen molar-refractivity contribution in [2.45, 2.75) is 44.2 Å². The molecule has 1 rings (SSSR count). The first-order chi connectivity index (χ1) is 9.17. The molecule has 2 atom stereocenters. The molecule has 0 aromatic heterocycles. The van der Waals surface area contributed by atoms with E-state index in [0.717, 1.165) is 5.56 Å². The molecule has 1 aromatic rings. The van der Waals surface area contributed by atoms with Gasteiger partial charge in [-0.3, -0.25) is 0 Å². The van der Waals surface area contributed by atoms with E-state index < -0.39 is 22.2 Å². The molecule has 0 aliphatic heterocycles. The van der Waals surface area contributed by atoms with Crippen LogP contribution in [0.3, 0.4) is 0 Å². The number of hydrogen-bond donors (Lipinski definition) is 3. The topological polar surface area (TPSA) is 102 Å². The predicted octanol–water partition coefficient (Wildman–Crippen LogP) is 1.02. The number of nitrogens with two attached hydrogens (primary N) is 1. The first kappa shape index (κ1) is 16.7. The van der Waals surface area contributed by atoms with Crippen LogP contribution in [0.1, 0.15) is 25.8 Å². The summed E-state index contributed by atoms with van der Waals surface area (Å²) in [6.07, 6.45) is -0.263. The van der Waals surface area contributed by atoms with E-state index in [1.165, 1.54) is 13.2 Å². The first-order valence-electron chi connectivity index (χ1n) is 6.32. The number of rotatable bonds is 6. The Hall–Kier alpha value is -1.31. The maximum absolute atomic E-state index is 12.3. The minimum Gasteiger partial charge on any atom is -0.495 e. The highest BCUT2D eigenvalue weighted by molar-refractivity contribution is 7.89. The second kappa shape index (κ2) is 6.43. The molecule has 0 saturated heterocycles. The maximum atomic E-state index is 12.3. The lowest BCUT2D eigenvalue weighted by atomic mass is 10.2. The number of anilines is 1. The van der Waals surface area contributed by atoms with Gasteiger partial charge in [-0.25, -0.2) is 13.1 Å². The van der Waals surface area contributed by atoms with Gasteiger partial charge in [0.2, 0.25) is 10.0 Å². The number of aryl methyl sites for hydroxylation is 1. The summed E-state index contributed by atoms with van der Waals surface area (Å²) in [7, 11) is -2.35. The molecule has 0 spiro atoms. The quantitative estimate of drug-likeness (QED) is 0.681. The zero-order valence-electron chi connectivity index (χ0n) is 12.2. The molecule has 114 valence electrons. The van der Waals surface area contributed by atoms with E-state index in [1.54, 1.807) is 26.8 Å². The normalized spacial score (nSPS) is 14.8. The molecule has 0 heterocycles. The van der Waals surface area contributed by atoms with Crippen LogP contribution in [-0.2, 0) is 10.0 Å². The van der Waals surface area contributed by atoms with Gasteiger partial charge in [0.1, 0.15) is 10.6 Å². The molecular weight excluding hydrogens is 280 g/mol. The number of aliphatic hydroxyl groups excluding tert-OH is 1. The SMILES string of the molecule is COc1cc(C)c(N)cc1S(=O)(=O)NC(C)CC(C)O. The summed E-state index contributed by atoms with van der Waals surface area (Å²) < 4.78 is 32.3. The molecule has 0 fully saturated rings. The Labute approximate surface area is 120 Å². The van der Waals surface area contributed by atoms with Crippen LogP contribution in [0, 0.1) is 6.92 Å². The van der Waals surface area contributed by atoms with Crippen molar-refractivity contribution in [3.8, 4) is 5.75 Å². The fraction of sp³-hybridized carbons (Fsp3) is 0.538. The second-order valence-corrected chi connectivity index (χ2v) is 6.65. The van der Waals surface area contributed by atoms with Crippen LogP contribution in [0.4, 0.5) is 5.69 Å². The van der Waals surface area contributed by atoms with Gasteiger partial charge in [0.15, 0.2) is 0 Å². The van der Waals surface area contributed by atoms with Crippen LogP contribution in [0.15, 0.2) is 17.0 Å². The molecule has 1 aromatic carbocycles. The monoisotopic (exact) mass is 302 g/mol. The van der Waals surface area contributed by atoms with Crippen LogP contribution in [-0.4, -0.2) is 32.8 Å². The lowest BCUT2D eigenvalue weighted by molar-refractivity contribution is 0.175. The van der Waals surface area contributed by atoms with E-state index in [1.807, 2.05) is 0 Å². The molecule has 0 amide bonds. The molecule has 4 N–H and O–H groups in total. The highest BCUT2D eigenvalue weighted by atomic mass is 32.2. The third-order valence-electron chi connectivity index (χ3n) is 2.89. The average molecular weight is 302 g/mol. The molecule has 0 radical (unpaired) electrons. The van der Waals surface area contributed by atoms with Crippen LogP contribution in [0.25, 0.3) is 0 Å². The number of nitrogens with one attached hydrogen (secondary N) is 1. The number of sulfonamides is 1. The molecule has 0 aliphatic rings. The van der Waals surface area contributed by atoms with E-state index in [4.69, 9.17) is 10.5 Å². The number of aliphatic hydroxyl groups is 1. The Balaban J connectivity index is 3.12. The molecule has 2 unspecified atom stereocenters. The van der Waals surface area contributed by atoms with Crippen LogP contribution in [0.5, 0.6) is 5.75 Å². The second-order valence-electron chi connectivity index (χ2n) is 4.97. The standard InChI is InChI=1S/C13H22N2O4S/c1-8-5-12(19-4)13(7-11(8)14)20(17,18)15-9(2)6-10(3)16/h5,7,9-10,15-16H,6,14H2,1-4H3. The van der Waals surface area contributed by atoms with Crippen molar-refractivity contribution in [1.82, 2.24) is 4.72 Å². The molecule has 0 aliphatic carbocycles. The van der Waals surface area contributed by atoms with Crippen molar-refractivity contribution in [2.24, 2.45) is 0 Å². The molecule has 7 heteroatoms. The summed E-state index contributed by atoms with van der Waals surface area (Å²) in [6.45, 7) is 5.07. The largest absolute Gasteiger partial charge is 0.495 e. The molecule has 20 heavy (non-hydrogen) atoms. The zero-order chi connectivity index (χ0) is 15.5. The summed E-state index contributed by atoms with van der Waals surface area (Å²) in [4.78, 5) is 0.000503. The smallest absolute Gasteiger partial charge is 0.244 e. The van der Waals surface area contributed by atoms with Crippen LogP contribution >= 0.6 is 0 Å². The van der Waals surface area contributed by atoms with Crippen LogP contribution in [0.2, 0.25) is 0 Å². The summed E-state index contributed by atoms with van der Waals surface area (Å²) in [6, 6.07) is 2.57. The van der Waals surface area contributed by atoms with Gasteiger partial charge in [-0.15, -0.1) is 0 Å². The summed E-state index contributed by atoms with van der Waals surface area (Å²) in [5.74, 6) is 0.244.